The summed E-state index contributed by atoms with van der Waals surface area (Å²) < 4.78 is 2.06. The molecular weight excluding hydrogens is 322 g/mol. The van der Waals surface area contributed by atoms with Gasteiger partial charge in [-0.3, -0.25) is 0 Å². The van der Waals surface area contributed by atoms with Crippen LogP contribution in [0.2, 0.25) is 0 Å². The summed E-state index contributed by atoms with van der Waals surface area (Å²) in [5, 5.41) is 12.7. The highest BCUT2D eigenvalue weighted by atomic mass is 15.2. The molecule has 3 rings (SSSR count). The summed E-state index contributed by atoms with van der Waals surface area (Å²) in [5.74, 6) is 0.851. The molecule has 0 atom stereocenters. The minimum absolute atomic E-state index is 0.699. The van der Waals surface area contributed by atoms with Crippen molar-refractivity contribution in [1.82, 2.24) is 14.9 Å². The third kappa shape index (κ3) is 5.09. The molecule has 1 saturated carbocycles. The van der Waals surface area contributed by atoms with Crippen molar-refractivity contribution in [3.8, 4) is 6.07 Å². The van der Waals surface area contributed by atoms with Crippen LogP contribution in [0.25, 0.3) is 0 Å². The number of hydrogen-bond acceptors (Lipinski definition) is 4. The summed E-state index contributed by atoms with van der Waals surface area (Å²) in [7, 11) is 2.03. The number of benzene rings is 1. The van der Waals surface area contributed by atoms with Crippen LogP contribution in [0.1, 0.15) is 43.4 Å². The van der Waals surface area contributed by atoms with Crippen LogP contribution in [-0.2, 0) is 13.6 Å². The summed E-state index contributed by atoms with van der Waals surface area (Å²) >= 11 is 0. The second kappa shape index (κ2) is 9.40. The predicted molar refractivity (Wildman–Crippen MR) is 105 cm³/mol. The van der Waals surface area contributed by atoms with Crippen LogP contribution >= 0.6 is 0 Å². The molecule has 1 heterocycles. The van der Waals surface area contributed by atoms with Crippen LogP contribution in [0.3, 0.4) is 0 Å². The maximum atomic E-state index is 9.02. The summed E-state index contributed by atoms with van der Waals surface area (Å²) in [6, 6.07) is 10.0. The highest BCUT2D eigenvalue weighted by molar-refractivity contribution is 5.49. The molecule has 0 saturated heterocycles. The highest BCUT2D eigenvalue weighted by Crippen LogP contribution is 2.23. The van der Waals surface area contributed by atoms with E-state index in [1.165, 1.54) is 37.8 Å². The fraction of sp³-hybridized carbons (Fsp3) is 0.524. The first-order valence-corrected chi connectivity index (χ1v) is 9.67. The third-order valence-corrected chi connectivity index (χ3v) is 5.35. The van der Waals surface area contributed by atoms with Gasteiger partial charge in [-0.25, -0.2) is 4.98 Å². The Morgan fingerprint density at radius 3 is 2.65 bits per heavy atom. The molecule has 1 aromatic heterocycles. The Labute approximate surface area is 156 Å². The van der Waals surface area contributed by atoms with Gasteiger partial charge in [0.2, 0.25) is 0 Å². The van der Waals surface area contributed by atoms with Crippen molar-refractivity contribution in [2.75, 3.05) is 24.5 Å². The fourth-order valence-corrected chi connectivity index (χ4v) is 3.69. The summed E-state index contributed by atoms with van der Waals surface area (Å²) in [6.07, 6.45) is 10.7. The van der Waals surface area contributed by atoms with Gasteiger partial charge in [-0.1, -0.05) is 19.3 Å². The van der Waals surface area contributed by atoms with Gasteiger partial charge in [0.1, 0.15) is 0 Å². The van der Waals surface area contributed by atoms with Gasteiger partial charge in [0, 0.05) is 32.0 Å². The van der Waals surface area contributed by atoms with Gasteiger partial charge in [-0.05, 0) is 49.6 Å². The zero-order chi connectivity index (χ0) is 18.2. The lowest BCUT2D eigenvalue weighted by Gasteiger charge is -2.26. The molecule has 1 aliphatic rings. The maximum absolute atomic E-state index is 9.02. The minimum atomic E-state index is 0.699. The van der Waals surface area contributed by atoms with E-state index in [-0.39, 0.29) is 0 Å². The highest BCUT2D eigenvalue weighted by Gasteiger charge is 2.14. The van der Waals surface area contributed by atoms with Crippen LogP contribution in [0.4, 0.5) is 5.69 Å². The number of aromatic nitrogens is 2. The number of hydrogen-bond donors (Lipinski definition) is 1. The van der Waals surface area contributed by atoms with Gasteiger partial charge in [0.15, 0.2) is 0 Å². The molecule has 0 spiro atoms. The van der Waals surface area contributed by atoms with E-state index in [1.54, 1.807) is 0 Å². The first-order chi connectivity index (χ1) is 12.8. The van der Waals surface area contributed by atoms with Gasteiger partial charge in [-0.2, -0.15) is 5.26 Å². The fourth-order valence-electron chi connectivity index (χ4n) is 3.69. The Balaban J connectivity index is 1.58. The Morgan fingerprint density at radius 1 is 1.23 bits per heavy atom. The quantitative estimate of drug-likeness (QED) is 0.740. The van der Waals surface area contributed by atoms with Crippen molar-refractivity contribution in [2.24, 2.45) is 13.0 Å². The zero-order valence-corrected chi connectivity index (χ0v) is 15.7. The molecule has 138 valence electrons. The lowest BCUT2D eigenvalue weighted by Crippen LogP contribution is -2.34. The Hall–Kier alpha value is -2.32. The van der Waals surface area contributed by atoms with Gasteiger partial charge >= 0.3 is 0 Å². The first-order valence-electron chi connectivity index (χ1n) is 9.67. The first kappa shape index (κ1) is 18.5. The molecule has 2 aromatic rings. The second-order valence-corrected chi connectivity index (χ2v) is 7.28. The average molecular weight is 351 g/mol. The molecule has 5 heteroatoms. The van der Waals surface area contributed by atoms with E-state index in [1.807, 2.05) is 43.8 Å². The smallest absolute Gasteiger partial charge is 0.0991 e. The molecule has 0 bridgehead atoms. The number of nitriles is 1. The van der Waals surface area contributed by atoms with Crippen LogP contribution in [-0.4, -0.2) is 29.2 Å². The van der Waals surface area contributed by atoms with Gasteiger partial charge < -0.3 is 14.8 Å². The topological polar surface area (TPSA) is 56.9 Å². The lowest BCUT2D eigenvalue weighted by molar-refractivity contribution is 0.343. The number of imidazole rings is 1. The van der Waals surface area contributed by atoms with E-state index in [4.69, 9.17) is 5.26 Å². The molecule has 1 aromatic carbocycles. The van der Waals surface area contributed by atoms with Crippen molar-refractivity contribution in [3.05, 3.63) is 48.0 Å². The van der Waals surface area contributed by atoms with Crippen molar-refractivity contribution in [1.29, 1.82) is 5.26 Å². The number of anilines is 1. The van der Waals surface area contributed by atoms with Crippen LogP contribution in [0.15, 0.2) is 36.8 Å². The van der Waals surface area contributed by atoms with E-state index in [9.17, 15) is 0 Å². The second-order valence-electron chi connectivity index (χ2n) is 7.28. The van der Waals surface area contributed by atoms with E-state index in [0.29, 0.717) is 5.56 Å². The molecule has 1 aliphatic carbocycles. The van der Waals surface area contributed by atoms with E-state index in [0.717, 1.165) is 37.8 Å². The Morgan fingerprint density at radius 2 is 2.00 bits per heavy atom. The lowest BCUT2D eigenvalue weighted by atomic mass is 9.89. The van der Waals surface area contributed by atoms with Crippen molar-refractivity contribution in [3.63, 3.8) is 0 Å². The van der Waals surface area contributed by atoms with Gasteiger partial charge in [-0.15, -0.1) is 0 Å². The van der Waals surface area contributed by atoms with Crippen LogP contribution < -0.4 is 10.2 Å². The largest absolute Gasteiger partial charge is 0.364 e. The molecule has 0 unspecified atom stereocenters. The average Bonchev–Trinajstić information content (AvgIpc) is 3.10. The van der Waals surface area contributed by atoms with E-state index in [2.05, 4.69) is 25.8 Å². The zero-order valence-electron chi connectivity index (χ0n) is 15.7. The van der Waals surface area contributed by atoms with Crippen LogP contribution in [0, 0.1) is 17.2 Å². The molecule has 0 aliphatic heterocycles. The molecule has 1 fully saturated rings. The molecule has 0 radical (unpaired) electrons. The monoisotopic (exact) mass is 351 g/mol. The molecule has 26 heavy (non-hydrogen) atoms. The van der Waals surface area contributed by atoms with E-state index >= 15 is 0 Å². The van der Waals surface area contributed by atoms with Gasteiger partial charge in [0.25, 0.3) is 0 Å². The van der Waals surface area contributed by atoms with Gasteiger partial charge in [0.05, 0.1) is 30.2 Å². The van der Waals surface area contributed by atoms with Crippen molar-refractivity contribution < 1.29 is 0 Å². The van der Waals surface area contributed by atoms with Crippen molar-refractivity contribution >= 4 is 5.69 Å². The SMILES string of the molecule is Cn1cncc1CN(CCNCC1CCCCC1)c1ccc(C#N)cc1. The normalized spacial score (nSPS) is 14.9. The number of nitrogens with one attached hydrogen (secondary N) is 1. The summed E-state index contributed by atoms with van der Waals surface area (Å²) in [4.78, 5) is 6.58. The summed E-state index contributed by atoms with van der Waals surface area (Å²) in [5.41, 5.74) is 3.02. The van der Waals surface area contributed by atoms with Crippen molar-refractivity contribution in [2.45, 2.75) is 38.6 Å². The van der Waals surface area contributed by atoms with E-state index < -0.39 is 0 Å². The maximum Gasteiger partial charge on any atom is 0.0991 e. The summed E-state index contributed by atoms with van der Waals surface area (Å²) in [6.45, 7) is 3.85. The Bertz CT molecular complexity index is 707. The molecule has 0 amide bonds. The molecule has 5 nitrogen and oxygen atoms in total. The number of aryl methyl sites for hydroxylation is 1. The van der Waals surface area contributed by atoms with Crippen LogP contribution in [0.5, 0.6) is 0 Å². The number of rotatable bonds is 8. The number of nitrogens with zero attached hydrogens (tertiary/aromatic N) is 4. The predicted octanol–water partition coefficient (Wildman–Crippen LogP) is 3.47. The standard InChI is InChI=1S/C21H29N5/c1-25-17-24-15-21(25)16-26(20-9-7-18(13-22)8-10-20)12-11-23-14-19-5-3-2-4-6-19/h7-10,15,17,19,23H,2-6,11-12,14,16H2,1H3. The third-order valence-electron chi connectivity index (χ3n) is 5.35. The Kier molecular flexibility index (Phi) is 6.68. The molecular formula is C21H29N5. The molecule has 1 N–H and O–H groups in total. The minimum Gasteiger partial charge on any atom is -0.364 e.